The molecule has 1 fully saturated rings. The van der Waals surface area contributed by atoms with Crippen molar-refractivity contribution in [3.63, 3.8) is 0 Å². The van der Waals surface area contributed by atoms with Crippen LogP contribution in [0.25, 0.3) is 0 Å². The number of rotatable bonds is 6. The van der Waals surface area contributed by atoms with Crippen LogP contribution in [0.3, 0.4) is 0 Å². The Morgan fingerprint density at radius 3 is 2.83 bits per heavy atom. The average Bonchev–Trinajstić information content (AvgIpc) is 3.37. The molecular formula is C20H25N5O3S. The minimum atomic E-state index is -0.190. The molecule has 1 saturated carbocycles. The molecule has 0 spiro atoms. The molecule has 1 aliphatic heterocycles. The molecule has 29 heavy (non-hydrogen) atoms. The van der Waals surface area contributed by atoms with E-state index in [0.29, 0.717) is 35.5 Å². The summed E-state index contributed by atoms with van der Waals surface area (Å²) < 4.78 is 3.15. The van der Waals surface area contributed by atoms with Crippen molar-refractivity contribution >= 4 is 17.7 Å². The minimum absolute atomic E-state index is 0.0784. The summed E-state index contributed by atoms with van der Waals surface area (Å²) in [7, 11) is 0. The molecule has 154 valence electrons. The molecule has 1 unspecified atom stereocenters. The van der Waals surface area contributed by atoms with E-state index in [1.54, 1.807) is 30.1 Å². The molecule has 0 aromatic carbocycles. The normalized spacial score (nSPS) is 18.7. The molecule has 1 amide bonds. The number of aromatic nitrogens is 4. The van der Waals surface area contributed by atoms with Crippen molar-refractivity contribution in [2.45, 2.75) is 62.7 Å². The van der Waals surface area contributed by atoms with Gasteiger partial charge in [0.15, 0.2) is 5.16 Å². The molecule has 3 heterocycles. The Hall–Kier alpha value is -2.42. The Balaban J connectivity index is 1.31. The smallest absolute Gasteiger partial charge is 0.257 e. The van der Waals surface area contributed by atoms with Crippen LogP contribution in [0.4, 0.5) is 0 Å². The van der Waals surface area contributed by atoms with Gasteiger partial charge in [-0.25, -0.2) is 9.97 Å². The van der Waals surface area contributed by atoms with E-state index >= 15 is 0 Å². The van der Waals surface area contributed by atoms with Crippen LogP contribution in [-0.2, 0) is 11.3 Å². The second-order valence-corrected chi connectivity index (χ2v) is 8.73. The third kappa shape index (κ3) is 4.29. The van der Waals surface area contributed by atoms with Gasteiger partial charge in [0.05, 0.1) is 18.1 Å². The highest BCUT2D eigenvalue weighted by Gasteiger charge is 2.27. The van der Waals surface area contributed by atoms with Crippen molar-refractivity contribution in [1.82, 2.24) is 24.4 Å². The number of carbonyl (C=O) groups excluding carboxylic acids is 1. The van der Waals surface area contributed by atoms with Gasteiger partial charge in [0.2, 0.25) is 5.91 Å². The third-order valence-electron chi connectivity index (χ3n) is 5.67. The van der Waals surface area contributed by atoms with Crippen LogP contribution in [0.1, 0.15) is 55.3 Å². The molecule has 8 nitrogen and oxygen atoms in total. The van der Waals surface area contributed by atoms with Crippen LogP contribution in [-0.4, -0.2) is 37.3 Å². The Bertz CT molecular complexity index is 1030. The van der Waals surface area contributed by atoms with E-state index in [4.69, 9.17) is 0 Å². The van der Waals surface area contributed by atoms with Gasteiger partial charge in [0.25, 0.3) is 11.1 Å². The van der Waals surface area contributed by atoms with Gasteiger partial charge in [0, 0.05) is 49.0 Å². The van der Waals surface area contributed by atoms with Gasteiger partial charge >= 0.3 is 0 Å². The monoisotopic (exact) mass is 415 g/mol. The number of amides is 1. The van der Waals surface area contributed by atoms with Crippen molar-refractivity contribution < 1.29 is 4.79 Å². The number of thioether (sulfide) groups is 1. The molecule has 0 radical (unpaired) electrons. The third-order valence-corrected chi connectivity index (χ3v) is 6.78. The molecule has 0 saturated heterocycles. The van der Waals surface area contributed by atoms with Crippen LogP contribution >= 0.6 is 11.8 Å². The number of carbonyl (C=O) groups is 1. The first-order valence-corrected chi connectivity index (χ1v) is 11.1. The maximum Gasteiger partial charge on any atom is 0.257 e. The predicted octanol–water partition coefficient (Wildman–Crippen LogP) is 1.62. The fraction of sp³-hybridized carbons (Fsp3) is 0.550. The lowest BCUT2D eigenvalue weighted by Crippen LogP contribution is -2.34. The first kappa shape index (κ1) is 19.9. The molecule has 1 aliphatic carbocycles. The molecular weight excluding hydrogens is 390 g/mol. The van der Waals surface area contributed by atoms with Crippen molar-refractivity contribution in [2.75, 3.05) is 12.3 Å². The molecule has 2 aromatic rings. The first-order valence-electron chi connectivity index (χ1n) is 10.1. The summed E-state index contributed by atoms with van der Waals surface area (Å²) in [4.78, 5) is 45.7. The Kier molecular flexibility index (Phi) is 5.84. The summed E-state index contributed by atoms with van der Waals surface area (Å²) in [5, 5.41) is 3.51. The summed E-state index contributed by atoms with van der Waals surface area (Å²) >= 11 is 1.49. The highest BCUT2D eigenvalue weighted by Crippen LogP contribution is 2.32. The molecule has 2 aromatic heterocycles. The molecule has 4 rings (SSSR count). The molecule has 9 heteroatoms. The largest absolute Gasteiger partial charge is 0.354 e. The van der Waals surface area contributed by atoms with E-state index in [-0.39, 0.29) is 29.5 Å². The maximum absolute atomic E-state index is 12.3. The predicted molar refractivity (Wildman–Crippen MR) is 110 cm³/mol. The lowest BCUT2D eigenvalue weighted by atomic mass is 10.0. The summed E-state index contributed by atoms with van der Waals surface area (Å²) in [6.07, 6.45) is 7.99. The molecule has 1 N–H and O–H groups in total. The standard InChI is InChI=1S/C20H25N5O3S/c1-13-10-22-20-25(19(13)28)15(11-29-20)8-17(26)21-6-7-24-12-23-16(9-18(24)27)14-4-2-3-5-14/h9-10,12,14-15H,2-8,11H2,1H3,(H,21,26). The van der Waals surface area contributed by atoms with Crippen molar-refractivity contribution in [3.8, 4) is 0 Å². The molecule has 1 atom stereocenters. The maximum atomic E-state index is 12.3. The average molecular weight is 416 g/mol. The van der Waals surface area contributed by atoms with Gasteiger partial charge in [0.1, 0.15) is 0 Å². The number of hydrogen-bond donors (Lipinski definition) is 1. The van der Waals surface area contributed by atoms with Crippen molar-refractivity contribution in [3.05, 3.63) is 50.6 Å². The van der Waals surface area contributed by atoms with E-state index in [1.807, 2.05) is 0 Å². The first-order chi connectivity index (χ1) is 14.0. The van der Waals surface area contributed by atoms with Gasteiger partial charge in [-0.2, -0.15) is 0 Å². The quantitative estimate of drug-likeness (QED) is 0.720. The van der Waals surface area contributed by atoms with Crippen molar-refractivity contribution in [2.24, 2.45) is 0 Å². The second kappa shape index (κ2) is 8.52. The fourth-order valence-electron chi connectivity index (χ4n) is 4.03. The fourth-order valence-corrected chi connectivity index (χ4v) is 5.13. The lowest BCUT2D eigenvalue weighted by Gasteiger charge is -2.14. The van der Waals surface area contributed by atoms with Gasteiger partial charge in [-0.3, -0.25) is 23.5 Å². The number of nitrogens with one attached hydrogen (secondary N) is 1. The second-order valence-electron chi connectivity index (χ2n) is 7.74. The highest BCUT2D eigenvalue weighted by molar-refractivity contribution is 7.99. The van der Waals surface area contributed by atoms with Crippen LogP contribution in [0.2, 0.25) is 0 Å². The van der Waals surface area contributed by atoms with E-state index < -0.39 is 0 Å². The van der Waals surface area contributed by atoms with E-state index in [0.717, 1.165) is 18.5 Å². The Labute approximate surface area is 172 Å². The van der Waals surface area contributed by atoms with Crippen LogP contribution in [0.15, 0.2) is 33.3 Å². The molecule has 0 bridgehead atoms. The van der Waals surface area contributed by atoms with Crippen LogP contribution in [0.5, 0.6) is 0 Å². The zero-order chi connectivity index (χ0) is 20.4. The summed E-state index contributed by atoms with van der Waals surface area (Å²) in [6, 6.07) is 1.44. The SMILES string of the molecule is Cc1cnc2n(c1=O)C(CC(=O)NCCn1cnc(C3CCCC3)cc1=O)CS2. The van der Waals surface area contributed by atoms with E-state index in [9.17, 15) is 14.4 Å². The topological polar surface area (TPSA) is 98.9 Å². The van der Waals surface area contributed by atoms with Crippen molar-refractivity contribution in [1.29, 1.82) is 0 Å². The number of aryl methyl sites for hydroxylation is 1. The van der Waals surface area contributed by atoms with Crippen LogP contribution in [0, 0.1) is 6.92 Å². The minimum Gasteiger partial charge on any atom is -0.354 e. The zero-order valence-corrected chi connectivity index (χ0v) is 17.3. The zero-order valence-electron chi connectivity index (χ0n) is 16.5. The van der Waals surface area contributed by atoms with E-state index in [2.05, 4.69) is 15.3 Å². The molecule has 2 aliphatic rings. The number of nitrogens with zero attached hydrogens (tertiary/aromatic N) is 4. The van der Waals surface area contributed by atoms with Crippen LogP contribution < -0.4 is 16.4 Å². The highest BCUT2D eigenvalue weighted by atomic mass is 32.2. The Morgan fingerprint density at radius 2 is 2.07 bits per heavy atom. The van der Waals surface area contributed by atoms with Gasteiger partial charge in [-0.05, 0) is 19.8 Å². The number of hydrogen-bond acceptors (Lipinski definition) is 6. The van der Waals surface area contributed by atoms with Gasteiger partial charge < -0.3 is 5.32 Å². The lowest BCUT2D eigenvalue weighted by molar-refractivity contribution is -0.121. The van der Waals surface area contributed by atoms with Gasteiger partial charge in [-0.1, -0.05) is 24.6 Å². The summed E-state index contributed by atoms with van der Waals surface area (Å²) in [5.74, 6) is 0.927. The Morgan fingerprint density at radius 1 is 1.28 bits per heavy atom. The summed E-state index contributed by atoms with van der Waals surface area (Å²) in [5.41, 5.74) is 1.30. The van der Waals surface area contributed by atoms with Gasteiger partial charge in [-0.15, -0.1) is 0 Å². The number of fused-ring (bicyclic) bond motifs is 1. The summed E-state index contributed by atoms with van der Waals surface area (Å²) in [6.45, 7) is 2.45. The van der Waals surface area contributed by atoms with E-state index in [1.165, 1.54) is 29.2 Å².